The topological polar surface area (TPSA) is 29.5 Å². The number of Topliss-reactive ketones (excluding diaryl/α,β-unsaturated/α-hetero) is 1. The lowest BCUT2D eigenvalue weighted by atomic mass is 9.96. The molecule has 0 aliphatic carbocycles. The number of hydrogen-bond donors (Lipinski definition) is 0. The maximum Gasteiger partial charge on any atom is 0.416 e. The quantitative estimate of drug-likeness (QED) is 0.403. The molecule has 5 rings (SSSR count). The van der Waals surface area contributed by atoms with Gasteiger partial charge in [-0.25, -0.2) is 0 Å². The van der Waals surface area contributed by atoms with Gasteiger partial charge in [-0.1, -0.05) is 30.3 Å². The second-order valence-corrected chi connectivity index (χ2v) is 9.78. The minimum absolute atomic E-state index is 0.0621. The van der Waals surface area contributed by atoms with Gasteiger partial charge in [0.15, 0.2) is 5.78 Å². The summed E-state index contributed by atoms with van der Waals surface area (Å²) in [7, 11) is 0. The minimum atomic E-state index is -4.33. The second-order valence-electron chi connectivity index (χ2n) is 8.64. The molecule has 3 aromatic rings. The van der Waals surface area contributed by atoms with Crippen molar-refractivity contribution in [3.63, 3.8) is 0 Å². The van der Waals surface area contributed by atoms with Crippen LogP contribution in [0.25, 0.3) is 10.8 Å². The normalized spacial score (nSPS) is 18.8. The van der Waals surface area contributed by atoms with Crippen LogP contribution < -0.4 is 4.74 Å². The van der Waals surface area contributed by atoms with E-state index in [9.17, 15) is 18.0 Å². The van der Waals surface area contributed by atoms with Gasteiger partial charge in [0.2, 0.25) is 0 Å². The molecule has 7 heteroatoms. The highest BCUT2D eigenvalue weighted by molar-refractivity contribution is 7.99. The first-order valence-electron chi connectivity index (χ1n) is 11.1. The van der Waals surface area contributed by atoms with Crippen LogP contribution in [0.2, 0.25) is 0 Å². The minimum Gasteiger partial charge on any atom is -0.492 e. The summed E-state index contributed by atoms with van der Waals surface area (Å²) in [6.45, 7) is 2.76. The van der Waals surface area contributed by atoms with Gasteiger partial charge in [-0.05, 0) is 59.5 Å². The zero-order valence-corrected chi connectivity index (χ0v) is 18.8. The Labute approximate surface area is 194 Å². The van der Waals surface area contributed by atoms with Crippen molar-refractivity contribution in [2.24, 2.45) is 0 Å². The van der Waals surface area contributed by atoms with Gasteiger partial charge >= 0.3 is 6.18 Å². The maximum atomic E-state index is 13.0. The molecule has 1 fully saturated rings. The number of carbonyl (C=O) groups excluding carboxylic acids is 1. The number of ether oxygens (including phenoxy) is 1. The lowest BCUT2D eigenvalue weighted by molar-refractivity contribution is -0.137. The van der Waals surface area contributed by atoms with E-state index >= 15 is 0 Å². The Hall–Kier alpha value is -2.51. The average Bonchev–Trinajstić information content (AvgIpc) is 3.29. The second kappa shape index (κ2) is 9.03. The van der Waals surface area contributed by atoms with E-state index in [-0.39, 0.29) is 11.7 Å². The van der Waals surface area contributed by atoms with E-state index in [2.05, 4.69) is 11.0 Å². The maximum absolute atomic E-state index is 13.0. The zero-order chi connectivity index (χ0) is 23.0. The van der Waals surface area contributed by atoms with Gasteiger partial charge < -0.3 is 9.64 Å². The standard InChI is InChI=1S/C26H24F3NO2S/c27-26(28,29)22-3-1-2-17(13-22)20-6-8-30(16-20)9-7-23(31)19-5-4-18-15-25-24(14-21(18)12-19)32-10-11-33-25/h1-5,12-15,20H,6-11,16H2. The van der Waals surface area contributed by atoms with Crippen molar-refractivity contribution >= 4 is 28.3 Å². The molecule has 1 atom stereocenters. The van der Waals surface area contributed by atoms with Gasteiger partial charge in [0, 0.05) is 30.8 Å². The van der Waals surface area contributed by atoms with Crippen molar-refractivity contribution in [3.05, 3.63) is 71.3 Å². The molecule has 2 heterocycles. The predicted octanol–water partition coefficient (Wildman–Crippen LogP) is 6.41. The molecule has 3 nitrogen and oxygen atoms in total. The van der Waals surface area contributed by atoms with Crippen molar-refractivity contribution in [2.45, 2.75) is 29.8 Å². The highest BCUT2D eigenvalue weighted by Crippen LogP contribution is 2.37. The monoisotopic (exact) mass is 471 g/mol. The van der Waals surface area contributed by atoms with Gasteiger partial charge in [0.1, 0.15) is 5.75 Å². The van der Waals surface area contributed by atoms with Gasteiger partial charge in [-0.3, -0.25) is 4.79 Å². The van der Waals surface area contributed by atoms with E-state index in [1.165, 1.54) is 12.1 Å². The first-order chi connectivity index (χ1) is 15.9. The van der Waals surface area contributed by atoms with E-state index in [1.54, 1.807) is 17.8 Å². The molecule has 1 unspecified atom stereocenters. The summed E-state index contributed by atoms with van der Waals surface area (Å²) >= 11 is 1.78. The molecule has 3 aromatic carbocycles. The van der Waals surface area contributed by atoms with E-state index in [1.807, 2.05) is 24.3 Å². The molecule has 0 N–H and O–H groups in total. The largest absolute Gasteiger partial charge is 0.492 e. The third-order valence-electron chi connectivity index (χ3n) is 6.44. The first kappa shape index (κ1) is 22.3. The van der Waals surface area contributed by atoms with E-state index in [0.29, 0.717) is 31.7 Å². The highest BCUT2D eigenvalue weighted by atomic mass is 32.2. The Balaban J connectivity index is 1.21. The van der Waals surface area contributed by atoms with Gasteiger partial charge in [0.05, 0.1) is 17.1 Å². The van der Waals surface area contributed by atoms with Crippen molar-refractivity contribution in [1.29, 1.82) is 0 Å². The van der Waals surface area contributed by atoms with Crippen molar-refractivity contribution in [2.75, 3.05) is 32.0 Å². The van der Waals surface area contributed by atoms with Crippen LogP contribution in [0.3, 0.4) is 0 Å². The molecular weight excluding hydrogens is 447 g/mol. The number of ketones is 1. The van der Waals surface area contributed by atoms with Crippen LogP contribution in [0.15, 0.2) is 59.5 Å². The van der Waals surface area contributed by atoms with Crippen LogP contribution >= 0.6 is 11.8 Å². The molecule has 2 aliphatic heterocycles. The van der Waals surface area contributed by atoms with Crippen LogP contribution in [-0.2, 0) is 6.18 Å². The number of thioether (sulfide) groups is 1. The Kier molecular flexibility index (Phi) is 6.10. The number of fused-ring (bicyclic) bond motifs is 2. The SMILES string of the molecule is O=C(CCN1CCC(c2cccc(C(F)(F)F)c2)C1)c1ccc2cc3c(cc2c1)OCCS3. The number of alkyl halides is 3. The number of halogens is 3. The average molecular weight is 472 g/mol. The molecule has 0 aromatic heterocycles. The van der Waals surface area contributed by atoms with Crippen LogP contribution in [0.4, 0.5) is 13.2 Å². The van der Waals surface area contributed by atoms with Crippen molar-refractivity contribution in [1.82, 2.24) is 4.90 Å². The highest BCUT2D eigenvalue weighted by Gasteiger charge is 2.32. The van der Waals surface area contributed by atoms with Crippen LogP contribution in [0, 0.1) is 0 Å². The molecule has 33 heavy (non-hydrogen) atoms. The van der Waals surface area contributed by atoms with E-state index in [0.717, 1.165) is 51.8 Å². The molecule has 1 saturated heterocycles. The third kappa shape index (κ3) is 4.89. The Bertz CT molecular complexity index is 1190. The predicted molar refractivity (Wildman–Crippen MR) is 124 cm³/mol. The number of benzene rings is 3. The smallest absolute Gasteiger partial charge is 0.416 e. The van der Waals surface area contributed by atoms with Gasteiger partial charge in [0.25, 0.3) is 0 Å². The fourth-order valence-corrected chi connectivity index (χ4v) is 5.50. The fourth-order valence-electron chi connectivity index (χ4n) is 4.64. The molecule has 0 radical (unpaired) electrons. The number of likely N-dealkylation sites (tertiary alicyclic amines) is 1. The van der Waals surface area contributed by atoms with Crippen LogP contribution in [0.5, 0.6) is 5.75 Å². The van der Waals surface area contributed by atoms with E-state index in [4.69, 9.17) is 4.74 Å². The lowest BCUT2D eigenvalue weighted by Crippen LogP contribution is -2.23. The van der Waals surface area contributed by atoms with Crippen molar-refractivity contribution < 1.29 is 22.7 Å². The molecule has 0 saturated carbocycles. The van der Waals surface area contributed by atoms with Gasteiger partial charge in [-0.15, -0.1) is 11.8 Å². The van der Waals surface area contributed by atoms with Crippen LogP contribution in [0.1, 0.15) is 40.2 Å². The van der Waals surface area contributed by atoms with E-state index < -0.39 is 11.7 Å². The third-order valence-corrected chi connectivity index (χ3v) is 7.44. The lowest BCUT2D eigenvalue weighted by Gasteiger charge is -2.18. The van der Waals surface area contributed by atoms with Crippen molar-refractivity contribution in [3.8, 4) is 5.75 Å². The number of rotatable bonds is 5. The summed E-state index contributed by atoms with van der Waals surface area (Å²) in [6, 6.07) is 15.5. The molecule has 0 bridgehead atoms. The summed E-state index contributed by atoms with van der Waals surface area (Å²) in [5, 5.41) is 2.08. The number of carbonyl (C=O) groups is 1. The Morgan fingerprint density at radius 3 is 2.82 bits per heavy atom. The summed E-state index contributed by atoms with van der Waals surface area (Å²) in [6.07, 6.45) is -3.14. The van der Waals surface area contributed by atoms with Crippen LogP contribution in [-0.4, -0.2) is 42.7 Å². The summed E-state index contributed by atoms with van der Waals surface area (Å²) in [4.78, 5) is 16.2. The number of nitrogens with zero attached hydrogens (tertiary/aromatic N) is 1. The Morgan fingerprint density at radius 2 is 1.97 bits per heavy atom. The summed E-state index contributed by atoms with van der Waals surface area (Å²) in [5.41, 5.74) is 0.798. The first-order valence-corrected chi connectivity index (χ1v) is 12.1. The molecule has 0 amide bonds. The fraction of sp³-hybridized carbons (Fsp3) is 0.346. The Morgan fingerprint density at radius 1 is 1.09 bits per heavy atom. The summed E-state index contributed by atoms with van der Waals surface area (Å²) < 4.78 is 44.8. The molecule has 2 aliphatic rings. The van der Waals surface area contributed by atoms with Gasteiger partial charge in [-0.2, -0.15) is 13.2 Å². The molecule has 0 spiro atoms. The summed E-state index contributed by atoms with van der Waals surface area (Å²) in [5.74, 6) is 1.96. The molecular formula is C26H24F3NO2S. The number of hydrogen-bond acceptors (Lipinski definition) is 4. The molecule has 172 valence electrons. The zero-order valence-electron chi connectivity index (χ0n) is 18.0.